The number of hydrazone groups is 1. The lowest BCUT2D eigenvalue weighted by Crippen LogP contribution is -2.18. The predicted octanol–water partition coefficient (Wildman–Crippen LogP) is 4.74. The van der Waals surface area contributed by atoms with Crippen LogP contribution in [0, 0.1) is 6.92 Å². The molecule has 2 N–H and O–H groups in total. The number of carbonyl (C=O) groups is 1. The third-order valence-electron chi connectivity index (χ3n) is 4.76. The van der Waals surface area contributed by atoms with Gasteiger partial charge in [0, 0.05) is 11.3 Å². The molecule has 0 saturated carbocycles. The van der Waals surface area contributed by atoms with Crippen LogP contribution in [-0.4, -0.2) is 27.1 Å². The van der Waals surface area contributed by atoms with Crippen LogP contribution in [0.5, 0.6) is 5.75 Å². The van der Waals surface area contributed by atoms with Crippen molar-refractivity contribution in [2.45, 2.75) is 31.6 Å². The predicted molar refractivity (Wildman–Crippen MR) is 130 cm³/mol. The molecule has 0 radical (unpaired) electrons. The van der Waals surface area contributed by atoms with E-state index < -0.39 is 15.9 Å². The van der Waals surface area contributed by atoms with Crippen LogP contribution in [0.25, 0.3) is 0 Å². The Morgan fingerprint density at radius 1 is 0.970 bits per heavy atom. The number of ether oxygens (including phenoxy) is 1. The summed E-state index contributed by atoms with van der Waals surface area (Å²) in [6.45, 7) is 4.68. The Morgan fingerprint density at radius 2 is 1.64 bits per heavy atom. The third kappa shape index (κ3) is 7.18. The average Bonchev–Trinajstić information content (AvgIpc) is 2.81. The SMILES string of the molecule is CCCCOc1ccc(/C=N\NC(=O)c2ccc(NS(=O)(=O)c3ccc(C)cc3)cc2)cc1. The first-order chi connectivity index (χ1) is 15.9. The van der Waals surface area contributed by atoms with Crippen molar-refractivity contribution in [1.82, 2.24) is 5.43 Å². The van der Waals surface area contributed by atoms with Crippen molar-refractivity contribution in [3.8, 4) is 5.75 Å². The van der Waals surface area contributed by atoms with Gasteiger partial charge in [-0.3, -0.25) is 9.52 Å². The molecule has 0 bridgehead atoms. The number of hydrogen-bond acceptors (Lipinski definition) is 5. The van der Waals surface area contributed by atoms with Crippen LogP contribution in [0.15, 0.2) is 82.8 Å². The van der Waals surface area contributed by atoms with Crippen molar-refractivity contribution in [3.63, 3.8) is 0 Å². The second-order valence-corrected chi connectivity index (χ2v) is 9.15. The molecule has 1 amide bonds. The number of carbonyl (C=O) groups excluding carboxylic acids is 1. The van der Waals surface area contributed by atoms with Gasteiger partial charge in [0.05, 0.1) is 17.7 Å². The molecule has 7 nitrogen and oxygen atoms in total. The van der Waals surface area contributed by atoms with Gasteiger partial charge in [-0.25, -0.2) is 13.8 Å². The van der Waals surface area contributed by atoms with Gasteiger partial charge in [-0.1, -0.05) is 31.0 Å². The smallest absolute Gasteiger partial charge is 0.271 e. The summed E-state index contributed by atoms with van der Waals surface area (Å²) in [5.41, 5.74) is 4.96. The molecule has 3 aromatic carbocycles. The Balaban J connectivity index is 1.54. The molecule has 0 aliphatic rings. The highest BCUT2D eigenvalue weighted by molar-refractivity contribution is 7.92. The standard InChI is InChI=1S/C25H27N3O4S/c1-3-4-17-32-23-13-7-20(8-14-23)18-26-27-25(29)21-9-11-22(12-10-21)28-33(30,31)24-15-5-19(2)6-16-24/h5-16,18,28H,3-4,17H2,1-2H3,(H,27,29)/b26-18-. The van der Waals surface area contributed by atoms with E-state index in [0.717, 1.165) is 29.7 Å². The van der Waals surface area contributed by atoms with E-state index in [4.69, 9.17) is 4.74 Å². The van der Waals surface area contributed by atoms with Crippen molar-refractivity contribution in [1.29, 1.82) is 0 Å². The van der Waals surface area contributed by atoms with Crippen molar-refractivity contribution >= 4 is 27.8 Å². The number of sulfonamides is 1. The summed E-state index contributed by atoms with van der Waals surface area (Å²) in [4.78, 5) is 12.5. The van der Waals surface area contributed by atoms with Gasteiger partial charge in [0.25, 0.3) is 15.9 Å². The van der Waals surface area contributed by atoms with E-state index in [1.807, 2.05) is 31.2 Å². The minimum Gasteiger partial charge on any atom is -0.494 e. The lowest BCUT2D eigenvalue weighted by Gasteiger charge is -2.09. The number of nitrogens with zero attached hydrogens (tertiary/aromatic N) is 1. The average molecular weight is 466 g/mol. The first kappa shape index (κ1) is 24.0. The molecule has 0 aliphatic heterocycles. The van der Waals surface area contributed by atoms with Gasteiger partial charge in [0.2, 0.25) is 0 Å². The number of unbranched alkanes of at least 4 members (excludes halogenated alkanes) is 1. The van der Waals surface area contributed by atoms with Gasteiger partial charge in [-0.15, -0.1) is 0 Å². The molecular formula is C25H27N3O4S. The van der Waals surface area contributed by atoms with Gasteiger partial charge < -0.3 is 4.74 Å². The summed E-state index contributed by atoms with van der Waals surface area (Å²) in [5, 5.41) is 3.97. The molecule has 0 aliphatic carbocycles. The summed E-state index contributed by atoms with van der Waals surface area (Å²) in [7, 11) is -3.70. The van der Waals surface area contributed by atoms with Crippen molar-refractivity contribution in [2.24, 2.45) is 5.10 Å². The number of hydrogen-bond donors (Lipinski definition) is 2. The molecule has 0 spiro atoms. The van der Waals surface area contributed by atoms with Crippen molar-refractivity contribution in [3.05, 3.63) is 89.5 Å². The molecule has 3 rings (SSSR count). The molecule has 0 aromatic heterocycles. The highest BCUT2D eigenvalue weighted by Gasteiger charge is 2.14. The zero-order valence-electron chi connectivity index (χ0n) is 18.6. The zero-order chi connectivity index (χ0) is 23.7. The lowest BCUT2D eigenvalue weighted by atomic mass is 10.2. The van der Waals surface area contributed by atoms with Gasteiger partial charge >= 0.3 is 0 Å². The highest BCUT2D eigenvalue weighted by atomic mass is 32.2. The van der Waals surface area contributed by atoms with E-state index in [9.17, 15) is 13.2 Å². The number of aryl methyl sites for hydroxylation is 1. The summed E-state index contributed by atoms with van der Waals surface area (Å²) in [5.74, 6) is 0.390. The third-order valence-corrected chi connectivity index (χ3v) is 6.15. The Labute approximate surface area is 194 Å². The minimum atomic E-state index is -3.70. The largest absolute Gasteiger partial charge is 0.494 e. The fraction of sp³-hybridized carbons (Fsp3) is 0.200. The maximum absolute atomic E-state index is 12.5. The zero-order valence-corrected chi connectivity index (χ0v) is 19.4. The van der Waals surface area contributed by atoms with Crippen LogP contribution in [0.1, 0.15) is 41.3 Å². The van der Waals surface area contributed by atoms with Crippen LogP contribution in [0.2, 0.25) is 0 Å². The van der Waals surface area contributed by atoms with Crippen LogP contribution < -0.4 is 14.9 Å². The van der Waals surface area contributed by atoms with Crippen LogP contribution >= 0.6 is 0 Å². The lowest BCUT2D eigenvalue weighted by molar-refractivity contribution is 0.0955. The number of rotatable bonds is 10. The van der Waals surface area contributed by atoms with E-state index in [1.165, 1.54) is 30.5 Å². The summed E-state index contributed by atoms with van der Waals surface area (Å²) >= 11 is 0. The first-order valence-corrected chi connectivity index (χ1v) is 12.1. The molecule has 3 aromatic rings. The molecule has 8 heteroatoms. The van der Waals surface area contributed by atoms with E-state index in [1.54, 1.807) is 24.3 Å². The Kier molecular flexibility index (Phi) is 8.21. The monoisotopic (exact) mass is 465 g/mol. The maximum Gasteiger partial charge on any atom is 0.271 e. The topological polar surface area (TPSA) is 96.9 Å². The molecule has 33 heavy (non-hydrogen) atoms. The molecule has 0 heterocycles. The van der Waals surface area contributed by atoms with Gasteiger partial charge in [0.1, 0.15) is 5.75 Å². The van der Waals surface area contributed by atoms with Gasteiger partial charge in [0.15, 0.2) is 0 Å². The quantitative estimate of drug-likeness (QED) is 0.257. The second kappa shape index (κ2) is 11.3. The number of nitrogens with one attached hydrogen (secondary N) is 2. The highest BCUT2D eigenvalue weighted by Crippen LogP contribution is 2.17. The number of amides is 1. The second-order valence-electron chi connectivity index (χ2n) is 7.47. The molecule has 0 saturated heterocycles. The Bertz CT molecular complexity index is 1190. The van der Waals surface area contributed by atoms with Gasteiger partial charge in [-0.05, 0) is 79.6 Å². The number of benzene rings is 3. The fourth-order valence-corrected chi connectivity index (χ4v) is 3.89. The molecule has 0 unspecified atom stereocenters. The number of anilines is 1. The Hall–Kier alpha value is -3.65. The van der Waals surface area contributed by atoms with Crippen LogP contribution in [-0.2, 0) is 10.0 Å². The maximum atomic E-state index is 12.5. The van der Waals surface area contributed by atoms with Crippen molar-refractivity contribution < 1.29 is 17.9 Å². The summed E-state index contributed by atoms with van der Waals surface area (Å²) < 4.78 is 33.1. The molecule has 0 atom stereocenters. The van der Waals surface area contributed by atoms with E-state index >= 15 is 0 Å². The van der Waals surface area contributed by atoms with E-state index in [-0.39, 0.29) is 4.90 Å². The molecule has 172 valence electrons. The molecule has 0 fully saturated rings. The van der Waals surface area contributed by atoms with Crippen LogP contribution in [0.4, 0.5) is 5.69 Å². The summed E-state index contributed by atoms with van der Waals surface area (Å²) in [6.07, 6.45) is 3.63. The normalized spacial score (nSPS) is 11.3. The van der Waals surface area contributed by atoms with E-state index in [0.29, 0.717) is 17.9 Å². The van der Waals surface area contributed by atoms with Crippen molar-refractivity contribution in [2.75, 3.05) is 11.3 Å². The fourth-order valence-electron chi connectivity index (χ4n) is 2.84. The van der Waals surface area contributed by atoms with Gasteiger partial charge in [-0.2, -0.15) is 5.10 Å². The molecular weight excluding hydrogens is 438 g/mol. The first-order valence-electron chi connectivity index (χ1n) is 10.6. The van der Waals surface area contributed by atoms with E-state index in [2.05, 4.69) is 22.2 Å². The Morgan fingerprint density at radius 3 is 2.27 bits per heavy atom. The summed E-state index contributed by atoms with van der Waals surface area (Å²) in [6, 6.07) is 20.1. The minimum absolute atomic E-state index is 0.171. The van der Waals surface area contributed by atoms with Crippen LogP contribution in [0.3, 0.4) is 0 Å².